The number of rotatable bonds is 4. The van der Waals surface area contributed by atoms with Crippen molar-refractivity contribution in [2.45, 2.75) is 18.8 Å². The summed E-state index contributed by atoms with van der Waals surface area (Å²) in [6.07, 6.45) is 2.00. The fourth-order valence-corrected chi connectivity index (χ4v) is 2.40. The van der Waals surface area contributed by atoms with Crippen molar-refractivity contribution in [1.29, 1.82) is 0 Å². The molecule has 0 bridgehead atoms. The predicted molar refractivity (Wildman–Crippen MR) is 77.2 cm³/mol. The Hall–Kier alpha value is -2.76. The van der Waals surface area contributed by atoms with Crippen LogP contribution in [0.2, 0.25) is 0 Å². The molecular formula is C15H12N2O4. The number of benzene rings is 2. The molecule has 1 saturated carbocycles. The van der Waals surface area contributed by atoms with Crippen molar-refractivity contribution in [3.8, 4) is 11.1 Å². The number of nitro groups is 2. The zero-order valence-corrected chi connectivity index (χ0v) is 11.1. The maximum atomic E-state index is 11.2. The Labute approximate surface area is 120 Å². The molecule has 0 saturated heterocycles. The van der Waals surface area contributed by atoms with E-state index >= 15 is 0 Å². The Bertz CT molecular complexity index is 721. The lowest BCUT2D eigenvalue weighted by molar-refractivity contribution is -0.385. The molecular weight excluding hydrogens is 272 g/mol. The Morgan fingerprint density at radius 1 is 0.857 bits per heavy atom. The van der Waals surface area contributed by atoms with Crippen LogP contribution in [0, 0.1) is 20.2 Å². The van der Waals surface area contributed by atoms with Gasteiger partial charge in [0.25, 0.3) is 11.4 Å². The van der Waals surface area contributed by atoms with Crippen LogP contribution >= 0.6 is 0 Å². The third kappa shape index (κ3) is 2.60. The minimum absolute atomic E-state index is 0.00264. The van der Waals surface area contributed by atoms with Gasteiger partial charge in [-0.1, -0.05) is 12.1 Å². The zero-order chi connectivity index (χ0) is 15.0. The highest BCUT2D eigenvalue weighted by Crippen LogP contribution is 2.45. The van der Waals surface area contributed by atoms with Crippen molar-refractivity contribution in [2.75, 3.05) is 0 Å². The number of non-ortho nitro benzene ring substituents is 1. The molecule has 0 N–H and O–H groups in total. The van der Waals surface area contributed by atoms with Crippen LogP contribution in [0.1, 0.15) is 24.3 Å². The van der Waals surface area contributed by atoms with E-state index in [0.29, 0.717) is 11.5 Å². The van der Waals surface area contributed by atoms with E-state index < -0.39 is 4.92 Å². The molecule has 0 aliphatic heterocycles. The first-order chi connectivity index (χ1) is 10.1. The molecule has 2 aromatic rings. The van der Waals surface area contributed by atoms with Crippen molar-refractivity contribution >= 4 is 11.4 Å². The van der Waals surface area contributed by atoms with E-state index in [0.717, 1.165) is 24.0 Å². The van der Waals surface area contributed by atoms with Gasteiger partial charge < -0.3 is 0 Å². The SMILES string of the molecule is O=[N+]([O-])c1ccc(-c2ccc(C3CC3)c([N+](=O)[O-])c2)cc1. The van der Waals surface area contributed by atoms with Gasteiger partial charge in [-0.2, -0.15) is 0 Å². The van der Waals surface area contributed by atoms with Gasteiger partial charge in [0.15, 0.2) is 0 Å². The summed E-state index contributed by atoms with van der Waals surface area (Å²) in [5, 5.41) is 21.8. The average Bonchev–Trinajstić information content (AvgIpc) is 3.31. The fraction of sp³-hybridized carbons (Fsp3) is 0.200. The molecule has 6 nitrogen and oxygen atoms in total. The van der Waals surface area contributed by atoms with Gasteiger partial charge in [0.2, 0.25) is 0 Å². The normalized spacial score (nSPS) is 13.9. The second kappa shape index (κ2) is 4.97. The molecule has 0 heterocycles. The molecule has 106 valence electrons. The molecule has 0 unspecified atom stereocenters. The minimum Gasteiger partial charge on any atom is -0.258 e. The molecule has 0 radical (unpaired) electrons. The van der Waals surface area contributed by atoms with Crippen LogP contribution in [0.5, 0.6) is 0 Å². The molecule has 1 aliphatic carbocycles. The second-order valence-corrected chi connectivity index (χ2v) is 5.11. The van der Waals surface area contributed by atoms with Crippen LogP contribution in [0.25, 0.3) is 11.1 Å². The third-order valence-corrected chi connectivity index (χ3v) is 3.66. The smallest absolute Gasteiger partial charge is 0.258 e. The van der Waals surface area contributed by atoms with Gasteiger partial charge in [0.05, 0.1) is 9.85 Å². The summed E-state index contributed by atoms with van der Waals surface area (Å²) in [5.74, 6) is 0.302. The van der Waals surface area contributed by atoms with Crippen molar-refractivity contribution in [3.05, 3.63) is 68.3 Å². The summed E-state index contributed by atoms with van der Waals surface area (Å²) in [6.45, 7) is 0. The van der Waals surface area contributed by atoms with Gasteiger partial charge in [-0.3, -0.25) is 20.2 Å². The lowest BCUT2D eigenvalue weighted by atomic mass is 10.00. The maximum absolute atomic E-state index is 11.2. The van der Waals surface area contributed by atoms with E-state index in [1.165, 1.54) is 12.1 Å². The lowest BCUT2D eigenvalue weighted by Crippen LogP contribution is -1.95. The fourth-order valence-electron chi connectivity index (χ4n) is 2.40. The average molecular weight is 284 g/mol. The number of hydrogen-bond donors (Lipinski definition) is 0. The lowest BCUT2D eigenvalue weighted by Gasteiger charge is -2.05. The number of hydrogen-bond acceptors (Lipinski definition) is 4. The van der Waals surface area contributed by atoms with E-state index in [2.05, 4.69) is 0 Å². The zero-order valence-electron chi connectivity index (χ0n) is 11.1. The standard InChI is InChI=1S/C15H12N2O4/c18-16(19)13-6-3-10(4-7-13)12-5-8-14(11-1-2-11)15(9-12)17(20)21/h3-9,11H,1-2H2. The van der Waals surface area contributed by atoms with Crippen molar-refractivity contribution in [1.82, 2.24) is 0 Å². The van der Waals surface area contributed by atoms with E-state index in [1.807, 2.05) is 6.07 Å². The quantitative estimate of drug-likeness (QED) is 0.626. The highest BCUT2D eigenvalue weighted by molar-refractivity contribution is 5.69. The van der Waals surface area contributed by atoms with Gasteiger partial charge in [0, 0.05) is 23.8 Å². The van der Waals surface area contributed by atoms with Gasteiger partial charge in [-0.25, -0.2) is 0 Å². The van der Waals surface area contributed by atoms with Crippen molar-refractivity contribution < 1.29 is 9.85 Å². The van der Waals surface area contributed by atoms with Gasteiger partial charge >= 0.3 is 0 Å². The topological polar surface area (TPSA) is 86.3 Å². The first-order valence-corrected chi connectivity index (χ1v) is 6.59. The summed E-state index contributed by atoms with van der Waals surface area (Å²) in [4.78, 5) is 21.0. The Morgan fingerprint density at radius 3 is 2.00 bits per heavy atom. The van der Waals surface area contributed by atoms with Crippen LogP contribution in [-0.4, -0.2) is 9.85 Å². The number of nitro benzene ring substituents is 2. The largest absolute Gasteiger partial charge is 0.273 e. The van der Waals surface area contributed by atoms with E-state index in [9.17, 15) is 20.2 Å². The van der Waals surface area contributed by atoms with Gasteiger partial charge in [-0.15, -0.1) is 0 Å². The molecule has 0 amide bonds. The van der Waals surface area contributed by atoms with E-state index in [1.54, 1.807) is 24.3 Å². The second-order valence-electron chi connectivity index (χ2n) is 5.11. The molecule has 2 aromatic carbocycles. The summed E-state index contributed by atoms with van der Waals surface area (Å²) in [6, 6.07) is 11.2. The summed E-state index contributed by atoms with van der Waals surface area (Å²) in [5.41, 5.74) is 2.34. The molecule has 0 spiro atoms. The van der Waals surface area contributed by atoms with Crippen LogP contribution in [0.15, 0.2) is 42.5 Å². The summed E-state index contributed by atoms with van der Waals surface area (Å²) >= 11 is 0. The van der Waals surface area contributed by atoms with E-state index in [-0.39, 0.29) is 16.3 Å². The molecule has 6 heteroatoms. The highest BCUT2D eigenvalue weighted by atomic mass is 16.6. The van der Waals surface area contributed by atoms with Crippen LogP contribution in [0.3, 0.4) is 0 Å². The minimum atomic E-state index is -0.470. The van der Waals surface area contributed by atoms with E-state index in [4.69, 9.17) is 0 Å². The molecule has 3 rings (SSSR count). The molecule has 1 aliphatic rings. The first kappa shape index (κ1) is 13.2. The predicted octanol–water partition coefficient (Wildman–Crippen LogP) is 4.05. The molecule has 0 aromatic heterocycles. The van der Waals surface area contributed by atoms with Crippen molar-refractivity contribution in [2.24, 2.45) is 0 Å². The van der Waals surface area contributed by atoms with Crippen LogP contribution < -0.4 is 0 Å². The van der Waals surface area contributed by atoms with Crippen LogP contribution in [0.4, 0.5) is 11.4 Å². The summed E-state index contributed by atoms with van der Waals surface area (Å²) in [7, 11) is 0. The number of nitrogens with zero attached hydrogens (tertiary/aromatic N) is 2. The van der Waals surface area contributed by atoms with Gasteiger partial charge in [-0.05, 0) is 42.0 Å². The molecule has 0 atom stereocenters. The summed E-state index contributed by atoms with van der Waals surface area (Å²) < 4.78 is 0. The monoisotopic (exact) mass is 284 g/mol. The van der Waals surface area contributed by atoms with Gasteiger partial charge in [0.1, 0.15) is 0 Å². The maximum Gasteiger partial charge on any atom is 0.273 e. The highest BCUT2D eigenvalue weighted by Gasteiger charge is 2.30. The Kier molecular flexibility index (Phi) is 3.13. The molecule has 1 fully saturated rings. The Morgan fingerprint density at radius 2 is 1.48 bits per heavy atom. The molecule has 21 heavy (non-hydrogen) atoms. The first-order valence-electron chi connectivity index (χ1n) is 6.59. The third-order valence-electron chi connectivity index (χ3n) is 3.66. The Balaban J connectivity index is 2.00. The van der Waals surface area contributed by atoms with Crippen molar-refractivity contribution in [3.63, 3.8) is 0 Å². The van der Waals surface area contributed by atoms with Crippen LogP contribution in [-0.2, 0) is 0 Å².